The van der Waals surface area contributed by atoms with Gasteiger partial charge in [0.15, 0.2) is 0 Å². The Kier molecular flexibility index (Phi) is 5.11. The van der Waals surface area contributed by atoms with Gasteiger partial charge in [0.2, 0.25) is 0 Å². The lowest BCUT2D eigenvalue weighted by molar-refractivity contribution is 0.0950. The summed E-state index contributed by atoms with van der Waals surface area (Å²) in [6, 6.07) is 12.3. The van der Waals surface area contributed by atoms with Crippen molar-refractivity contribution in [1.29, 1.82) is 0 Å². The van der Waals surface area contributed by atoms with E-state index in [0.29, 0.717) is 12.1 Å². The molecule has 1 aromatic heterocycles. The Morgan fingerprint density at radius 3 is 2.71 bits per heavy atom. The quantitative estimate of drug-likeness (QED) is 0.913. The third-order valence-electron chi connectivity index (χ3n) is 4.31. The number of carbonyl (C=O) groups is 1. The van der Waals surface area contributed by atoms with Gasteiger partial charge in [0, 0.05) is 32.4 Å². The number of benzene rings is 1. The zero-order chi connectivity index (χ0) is 16.9. The van der Waals surface area contributed by atoms with Crippen LogP contribution in [0.25, 0.3) is 0 Å². The van der Waals surface area contributed by atoms with Gasteiger partial charge in [-0.15, -0.1) is 0 Å². The van der Waals surface area contributed by atoms with E-state index >= 15 is 0 Å². The number of nitrogens with zero attached hydrogens (tertiary/aromatic N) is 3. The van der Waals surface area contributed by atoms with Gasteiger partial charge in [-0.1, -0.05) is 24.3 Å². The molecule has 0 aliphatic carbocycles. The molecule has 0 atom stereocenters. The van der Waals surface area contributed by atoms with Crippen LogP contribution >= 0.6 is 0 Å². The topological polar surface area (TPSA) is 48.5 Å². The summed E-state index contributed by atoms with van der Waals surface area (Å²) in [6.07, 6.45) is 2.70. The van der Waals surface area contributed by atoms with E-state index in [1.54, 1.807) is 6.20 Å². The third kappa shape index (κ3) is 3.92. The Bertz CT molecular complexity index is 697. The molecule has 1 aromatic carbocycles. The van der Waals surface area contributed by atoms with Gasteiger partial charge in [-0.05, 0) is 43.8 Å². The molecule has 0 bridgehead atoms. The minimum atomic E-state index is -0.0695. The summed E-state index contributed by atoms with van der Waals surface area (Å²) in [5.74, 6) is 0.856. The molecule has 5 heteroatoms. The summed E-state index contributed by atoms with van der Waals surface area (Å²) in [4.78, 5) is 20.9. The Balaban J connectivity index is 1.62. The van der Waals surface area contributed by atoms with E-state index in [0.717, 1.165) is 31.9 Å². The van der Waals surface area contributed by atoms with Gasteiger partial charge < -0.3 is 15.1 Å². The third-order valence-corrected chi connectivity index (χ3v) is 4.31. The van der Waals surface area contributed by atoms with Crippen LogP contribution in [0.1, 0.15) is 21.5 Å². The predicted octanol–water partition coefficient (Wildman–Crippen LogP) is 1.94. The number of hydrogen-bond acceptors (Lipinski definition) is 4. The molecule has 24 heavy (non-hydrogen) atoms. The molecule has 2 heterocycles. The number of carbonyl (C=O) groups excluding carboxylic acids is 1. The molecule has 0 unspecified atom stereocenters. The van der Waals surface area contributed by atoms with Crippen LogP contribution in [0.3, 0.4) is 0 Å². The lowest BCUT2D eigenvalue weighted by atomic mass is 10.00. The highest BCUT2D eigenvalue weighted by Gasteiger charge is 2.17. The van der Waals surface area contributed by atoms with Gasteiger partial charge >= 0.3 is 0 Å². The molecule has 1 amide bonds. The highest BCUT2D eigenvalue weighted by atomic mass is 16.1. The number of amides is 1. The summed E-state index contributed by atoms with van der Waals surface area (Å²) < 4.78 is 0. The molecule has 0 saturated heterocycles. The minimum Gasteiger partial charge on any atom is -0.352 e. The smallest absolute Gasteiger partial charge is 0.252 e. The fourth-order valence-corrected chi connectivity index (χ4v) is 2.89. The zero-order valence-corrected chi connectivity index (χ0v) is 14.3. The van der Waals surface area contributed by atoms with Crippen LogP contribution in [0.4, 0.5) is 5.82 Å². The van der Waals surface area contributed by atoms with Crippen molar-refractivity contribution in [1.82, 2.24) is 15.2 Å². The van der Waals surface area contributed by atoms with Gasteiger partial charge in [-0.3, -0.25) is 4.79 Å². The largest absolute Gasteiger partial charge is 0.352 e. The zero-order valence-electron chi connectivity index (χ0n) is 14.3. The molecule has 3 rings (SSSR count). The molecular formula is C19H24N4O. The molecule has 5 nitrogen and oxygen atoms in total. The van der Waals surface area contributed by atoms with Crippen LogP contribution in [0.2, 0.25) is 0 Å². The molecule has 0 spiro atoms. The van der Waals surface area contributed by atoms with Crippen molar-refractivity contribution in [3.8, 4) is 0 Å². The van der Waals surface area contributed by atoms with Crippen molar-refractivity contribution in [2.75, 3.05) is 38.6 Å². The maximum atomic E-state index is 12.1. The monoisotopic (exact) mass is 324 g/mol. The van der Waals surface area contributed by atoms with Crippen molar-refractivity contribution >= 4 is 11.7 Å². The van der Waals surface area contributed by atoms with E-state index in [2.05, 4.69) is 39.5 Å². The summed E-state index contributed by atoms with van der Waals surface area (Å²) in [6.45, 7) is 3.29. The number of likely N-dealkylation sites (N-methyl/N-ethyl adjacent to an activating group) is 1. The van der Waals surface area contributed by atoms with Gasteiger partial charge in [-0.2, -0.15) is 0 Å². The van der Waals surface area contributed by atoms with Crippen molar-refractivity contribution in [2.24, 2.45) is 0 Å². The molecule has 0 saturated carbocycles. The first-order chi connectivity index (χ1) is 11.6. The second kappa shape index (κ2) is 7.45. The van der Waals surface area contributed by atoms with Crippen molar-refractivity contribution in [3.05, 3.63) is 59.3 Å². The number of rotatable bonds is 5. The SMILES string of the molecule is CN(C)CCNC(=O)c1ccc(N2CCc3ccccc3C2)nc1. The number of pyridine rings is 1. The standard InChI is InChI=1S/C19H24N4O/c1-22(2)12-10-20-19(24)16-7-8-18(21-13-16)23-11-9-15-5-3-4-6-17(15)14-23/h3-8,13H,9-12,14H2,1-2H3,(H,20,24). The number of aromatic nitrogens is 1. The molecule has 1 aliphatic rings. The number of fused-ring (bicyclic) bond motifs is 1. The Labute approximate surface area is 143 Å². The summed E-state index contributed by atoms with van der Waals surface area (Å²) in [5.41, 5.74) is 3.39. The molecule has 126 valence electrons. The Morgan fingerprint density at radius 1 is 1.21 bits per heavy atom. The van der Waals surface area contributed by atoms with E-state index in [1.165, 1.54) is 11.1 Å². The maximum absolute atomic E-state index is 12.1. The average molecular weight is 324 g/mol. The molecule has 2 aromatic rings. The van der Waals surface area contributed by atoms with Crippen LogP contribution < -0.4 is 10.2 Å². The van der Waals surface area contributed by atoms with E-state index in [4.69, 9.17) is 0 Å². The maximum Gasteiger partial charge on any atom is 0.252 e. The second-order valence-corrected chi connectivity index (χ2v) is 6.40. The van der Waals surface area contributed by atoms with Gasteiger partial charge in [0.25, 0.3) is 5.91 Å². The van der Waals surface area contributed by atoms with Crippen LogP contribution in [0.15, 0.2) is 42.6 Å². The second-order valence-electron chi connectivity index (χ2n) is 6.40. The van der Waals surface area contributed by atoms with Gasteiger partial charge in [-0.25, -0.2) is 4.98 Å². The van der Waals surface area contributed by atoms with Crippen LogP contribution in [0.5, 0.6) is 0 Å². The van der Waals surface area contributed by atoms with Gasteiger partial charge in [0.1, 0.15) is 5.82 Å². The summed E-state index contributed by atoms with van der Waals surface area (Å²) >= 11 is 0. The van der Waals surface area contributed by atoms with Crippen molar-refractivity contribution < 1.29 is 4.79 Å². The van der Waals surface area contributed by atoms with E-state index in [-0.39, 0.29) is 5.91 Å². The lowest BCUT2D eigenvalue weighted by Gasteiger charge is -2.29. The number of nitrogens with one attached hydrogen (secondary N) is 1. The fourth-order valence-electron chi connectivity index (χ4n) is 2.89. The first-order valence-corrected chi connectivity index (χ1v) is 8.34. The van der Waals surface area contributed by atoms with Gasteiger partial charge in [0.05, 0.1) is 5.56 Å². The minimum absolute atomic E-state index is 0.0695. The van der Waals surface area contributed by atoms with Crippen molar-refractivity contribution in [3.63, 3.8) is 0 Å². The van der Waals surface area contributed by atoms with Crippen LogP contribution in [-0.2, 0) is 13.0 Å². The van der Waals surface area contributed by atoms with E-state index < -0.39 is 0 Å². The number of hydrogen-bond donors (Lipinski definition) is 1. The van der Waals surface area contributed by atoms with E-state index in [9.17, 15) is 4.79 Å². The molecule has 0 radical (unpaired) electrons. The Hall–Kier alpha value is -2.40. The fraction of sp³-hybridized carbons (Fsp3) is 0.368. The van der Waals surface area contributed by atoms with E-state index in [1.807, 2.05) is 31.1 Å². The average Bonchev–Trinajstić information content (AvgIpc) is 2.61. The highest BCUT2D eigenvalue weighted by Crippen LogP contribution is 2.22. The summed E-state index contributed by atoms with van der Waals surface area (Å²) in [5, 5.41) is 2.91. The molecular weight excluding hydrogens is 300 g/mol. The first kappa shape index (κ1) is 16.5. The Morgan fingerprint density at radius 2 is 2.00 bits per heavy atom. The van der Waals surface area contributed by atoms with Crippen LogP contribution in [0, 0.1) is 0 Å². The molecule has 1 aliphatic heterocycles. The van der Waals surface area contributed by atoms with Crippen molar-refractivity contribution in [2.45, 2.75) is 13.0 Å². The molecule has 0 fully saturated rings. The molecule has 1 N–H and O–H groups in total. The van der Waals surface area contributed by atoms with Crippen LogP contribution in [-0.4, -0.2) is 49.5 Å². The first-order valence-electron chi connectivity index (χ1n) is 8.34. The lowest BCUT2D eigenvalue weighted by Crippen LogP contribution is -2.32. The number of anilines is 1. The normalized spacial score (nSPS) is 13.7. The predicted molar refractivity (Wildman–Crippen MR) is 96.3 cm³/mol. The summed E-state index contributed by atoms with van der Waals surface area (Å²) in [7, 11) is 3.97. The highest BCUT2D eigenvalue weighted by molar-refractivity contribution is 5.94.